The molecule has 122 valence electrons. The molecule has 5 rings (SSSR count). The number of amides is 1. The molecule has 1 N–H and O–H groups in total. The van der Waals surface area contributed by atoms with Crippen LogP contribution in [-0.2, 0) is 14.3 Å². The van der Waals surface area contributed by atoms with Crippen molar-refractivity contribution in [1.82, 2.24) is 0 Å². The Hall–Kier alpha value is -1.88. The summed E-state index contributed by atoms with van der Waals surface area (Å²) in [5.41, 5.74) is 0.801. The molecule has 1 aliphatic heterocycles. The SMILES string of the molecule is O=C(Nc1cccc2ccccc12)[C@@H]1[C@H]2C[C@H]3[C@H](OC(=O)[C@H]31)[C@H]2Br. The van der Waals surface area contributed by atoms with Gasteiger partial charge in [0.2, 0.25) is 5.91 Å². The van der Waals surface area contributed by atoms with Gasteiger partial charge in [-0.25, -0.2) is 0 Å². The number of esters is 1. The van der Waals surface area contributed by atoms with Crippen molar-refractivity contribution in [3.05, 3.63) is 42.5 Å². The lowest BCUT2D eigenvalue weighted by atomic mass is 9.79. The Labute approximate surface area is 147 Å². The number of anilines is 1. The molecule has 4 nitrogen and oxygen atoms in total. The lowest BCUT2D eigenvalue weighted by Gasteiger charge is -2.27. The first-order valence-electron chi connectivity index (χ1n) is 8.28. The number of fused-ring (bicyclic) bond motifs is 2. The van der Waals surface area contributed by atoms with Crippen molar-refractivity contribution >= 4 is 44.3 Å². The number of hydrogen-bond acceptors (Lipinski definition) is 3. The predicted molar refractivity (Wildman–Crippen MR) is 93.7 cm³/mol. The number of alkyl halides is 1. The number of benzene rings is 2. The molecule has 2 aromatic carbocycles. The van der Waals surface area contributed by atoms with Crippen molar-refractivity contribution in [2.45, 2.75) is 17.4 Å². The Morgan fingerprint density at radius 3 is 2.79 bits per heavy atom. The van der Waals surface area contributed by atoms with Crippen molar-refractivity contribution in [2.24, 2.45) is 23.7 Å². The third-order valence-electron chi connectivity index (χ3n) is 5.87. The number of nitrogens with one attached hydrogen (secondary N) is 1. The van der Waals surface area contributed by atoms with Crippen LogP contribution in [0, 0.1) is 23.7 Å². The molecule has 24 heavy (non-hydrogen) atoms. The lowest BCUT2D eigenvalue weighted by molar-refractivity contribution is -0.145. The zero-order valence-electron chi connectivity index (χ0n) is 12.8. The van der Waals surface area contributed by atoms with Crippen LogP contribution in [0.25, 0.3) is 10.8 Å². The number of rotatable bonds is 2. The van der Waals surface area contributed by atoms with Gasteiger partial charge in [-0.15, -0.1) is 0 Å². The zero-order valence-corrected chi connectivity index (χ0v) is 14.4. The molecular weight excluding hydrogens is 370 g/mol. The van der Waals surface area contributed by atoms with Crippen LogP contribution in [0.1, 0.15) is 6.42 Å². The highest BCUT2D eigenvalue weighted by Gasteiger charge is 2.67. The van der Waals surface area contributed by atoms with E-state index >= 15 is 0 Å². The summed E-state index contributed by atoms with van der Waals surface area (Å²) in [5, 5.41) is 5.17. The normalized spacial score (nSPS) is 36.1. The van der Waals surface area contributed by atoms with E-state index in [0.29, 0.717) is 0 Å². The van der Waals surface area contributed by atoms with Crippen LogP contribution >= 0.6 is 15.9 Å². The number of carbonyl (C=O) groups excluding carboxylic acids is 2. The number of ether oxygens (including phenoxy) is 1. The number of halogens is 1. The van der Waals surface area contributed by atoms with E-state index in [4.69, 9.17) is 4.74 Å². The van der Waals surface area contributed by atoms with Crippen molar-refractivity contribution in [3.8, 4) is 0 Å². The van der Waals surface area contributed by atoms with Gasteiger partial charge in [-0.2, -0.15) is 0 Å². The summed E-state index contributed by atoms with van der Waals surface area (Å²) in [5.74, 6) is -0.479. The highest BCUT2D eigenvalue weighted by molar-refractivity contribution is 9.09. The fourth-order valence-corrected chi connectivity index (χ4v) is 5.93. The second kappa shape index (κ2) is 5.06. The summed E-state index contributed by atoms with van der Waals surface area (Å²) in [7, 11) is 0. The second-order valence-corrected chi connectivity index (χ2v) is 8.03. The van der Waals surface area contributed by atoms with Crippen molar-refractivity contribution in [2.75, 3.05) is 5.32 Å². The molecule has 1 heterocycles. The van der Waals surface area contributed by atoms with Crippen LogP contribution in [0.2, 0.25) is 0 Å². The molecule has 0 aromatic heterocycles. The van der Waals surface area contributed by atoms with E-state index in [9.17, 15) is 9.59 Å². The summed E-state index contributed by atoms with van der Waals surface area (Å²) in [6.07, 6.45) is 0.846. The Bertz CT molecular complexity index is 861. The zero-order chi connectivity index (χ0) is 16.4. The van der Waals surface area contributed by atoms with Gasteiger partial charge < -0.3 is 10.1 Å². The Balaban J connectivity index is 1.48. The van der Waals surface area contributed by atoms with Gasteiger partial charge in [0.25, 0.3) is 0 Å². The average molecular weight is 386 g/mol. The molecule has 2 saturated carbocycles. The van der Waals surface area contributed by atoms with Gasteiger partial charge in [0.05, 0.1) is 16.7 Å². The third kappa shape index (κ3) is 1.85. The first kappa shape index (κ1) is 14.5. The second-order valence-electron chi connectivity index (χ2n) is 6.98. The Morgan fingerprint density at radius 1 is 1.12 bits per heavy atom. The summed E-state index contributed by atoms with van der Waals surface area (Å²) in [4.78, 5) is 25.3. The van der Waals surface area contributed by atoms with Crippen molar-refractivity contribution < 1.29 is 14.3 Å². The molecule has 1 amide bonds. The van der Waals surface area contributed by atoms with Gasteiger partial charge in [0, 0.05) is 17.0 Å². The van der Waals surface area contributed by atoms with E-state index in [1.165, 1.54) is 0 Å². The summed E-state index contributed by atoms with van der Waals surface area (Å²) >= 11 is 3.65. The van der Waals surface area contributed by atoms with E-state index in [1.54, 1.807) is 0 Å². The van der Waals surface area contributed by atoms with Gasteiger partial charge in [-0.05, 0) is 23.8 Å². The van der Waals surface area contributed by atoms with E-state index in [1.807, 2.05) is 42.5 Å². The highest BCUT2D eigenvalue weighted by atomic mass is 79.9. The summed E-state index contributed by atoms with van der Waals surface area (Å²) in [6, 6.07) is 13.8. The molecule has 1 saturated heterocycles. The maximum absolute atomic E-state index is 13.0. The van der Waals surface area contributed by atoms with Crippen LogP contribution in [0.4, 0.5) is 5.69 Å². The molecule has 2 aromatic rings. The van der Waals surface area contributed by atoms with E-state index < -0.39 is 0 Å². The maximum atomic E-state index is 13.0. The minimum absolute atomic E-state index is 0.0471. The highest BCUT2D eigenvalue weighted by Crippen LogP contribution is 2.60. The molecule has 3 fully saturated rings. The molecular formula is C19H16BrNO3. The van der Waals surface area contributed by atoms with E-state index in [0.717, 1.165) is 22.9 Å². The lowest BCUT2D eigenvalue weighted by Crippen LogP contribution is -2.40. The predicted octanol–water partition coefficient (Wildman–Crippen LogP) is 3.35. The van der Waals surface area contributed by atoms with Crippen LogP contribution in [0.5, 0.6) is 0 Å². The smallest absolute Gasteiger partial charge is 0.310 e. The Kier molecular flexibility index (Phi) is 3.05. The van der Waals surface area contributed by atoms with Gasteiger partial charge in [0.1, 0.15) is 6.10 Å². The fraction of sp³-hybridized carbons (Fsp3) is 0.368. The number of carbonyl (C=O) groups is 2. The minimum Gasteiger partial charge on any atom is -0.461 e. The first-order valence-corrected chi connectivity index (χ1v) is 9.20. The quantitative estimate of drug-likeness (QED) is 0.636. The summed E-state index contributed by atoms with van der Waals surface area (Å²) < 4.78 is 5.49. The van der Waals surface area contributed by atoms with Crippen LogP contribution < -0.4 is 5.32 Å². The molecule has 2 aliphatic carbocycles. The van der Waals surface area contributed by atoms with Gasteiger partial charge in [-0.1, -0.05) is 52.3 Å². The standard InChI is InChI=1S/C19H16BrNO3/c20-16-11-8-12-15(19(23)24-17(12)16)14(11)18(22)21-13-7-3-5-9-4-1-2-6-10(9)13/h1-7,11-12,14-17H,8H2,(H,21,22)/t11-,12-,14-,15-,16+,17+/m1/s1. The van der Waals surface area contributed by atoms with Gasteiger partial charge in [0.15, 0.2) is 0 Å². The topological polar surface area (TPSA) is 55.4 Å². The van der Waals surface area contributed by atoms with Gasteiger partial charge in [-0.3, -0.25) is 9.59 Å². The minimum atomic E-state index is -0.301. The molecule has 0 unspecified atom stereocenters. The monoisotopic (exact) mass is 385 g/mol. The van der Waals surface area contributed by atoms with Crippen molar-refractivity contribution in [1.29, 1.82) is 0 Å². The van der Waals surface area contributed by atoms with E-state index in [-0.39, 0.29) is 46.5 Å². The number of hydrogen-bond donors (Lipinski definition) is 1. The first-order chi connectivity index (χ1) is 11.6. The van der Waals surface area contributed by atoms with Crippen LogP contribution in [0.15, 0.2) is 42.5 Å². The third-order valence-corrected chi connectivity index (χ3v) is 7.07. The van der Waals surface area contributed by atoms with E-state index in [2.05, 4.69) is 21.2 Å². The fourth-order valence-electron chi connectivity index (χ4n) is 4.88. The maximum Gasteiger partial charge on any atom is 0.310 e. The molecule has 5 heteroatoms. The molecule has 6 atom stereocenters. The molecule has 0 radical (unpaired) electrons. The molecule has 0 spiro atoms. The Morgan fingerprint density at radius 2 is 1.92 bits per heavy atom. The van der Waals surface area contributed by atoms with Crippen molar-refractivity contribution in [3.63, 3.8) is 0 Å². The van der Waals surface area contributed by atoms with Gasteiger partial charge >= 0.3 is 5.97 Å². The van der Waals surface area contributed by atoms with Crippen LogP contribution in [0.3, 0.4) is 0 Å². The molecule has 2 bridgehead atoms. The largest absolute Gasteiger partial charge is 0.461 e. The summed E-state index contributed by atoms with van der Waals surface area (Å²) in [6.45, 7) is 0. The molecule has 3 aliphatic rings. The van der Waals surface area contributed by atoms with Crippen LogP contribution in [-0.4, -0.2) is 22.8 Å². The average Bonchev–Trinajstić information content (AvgIpc) is 3.19.